The molecular weight excluding hydrogens is 807 g/mol. The Morgan fingerprint density at radius 3 is 1.48 bits per heavy atom. The number of alkyl carbamates (subject to hydrolysis) is 1. The van der Waals surface area contributed by atoms with Gasteiger partial charge in [0.25, 0.3) is 0 Å². The maximum Gasteiger partial charge on any atom is 0.460 e. The summed E-state index contributed by atoms with van der Waals surface area (Å²) >= 11 is 0. The number of carbonyl (C=O) groups excluding carboxylic acids is 2. The van der Waals surface area contributed by atoms with Crippen LogP contribution in [0.3, 0.4) is 0 Å². The summed E-state index contributed by atoms with van der Waals surface area (Å²) in [4.78, 5) is 25.8. The van der Waals surface area contributed by atoms with Gasteiger partial charge in [-0.1, -0.05) is 78.9 Å². The lowest BCUT2D eigenvalue weighted by atomic mass is 9.88. The van der Waals surface area contributed by atoms with Crippen LogP contribution in [0, 0.1) is 0 Å². The molecule has 0 bridgehead atoms. The molecule has 3 aromatic carbocycles. The highest BCUT2D eigenvalue weighted by molar-refractivity contribution is 5.86. The molecule has 1 aliphatic rings. The molecule has 0 aromatic heterocycles. The average Bonchev–Trinajstić information content (AvgIpc) is 3.43. The summed E-state index contributed by atoms with van der Waals surface area (Å²) in [5.41, 5.74) is 3.45. The van der Waals surface area contributed by atoms with E-state index in [-0.39, 0.29) is 12.2 Å². The van der Waals surface area contributed by atoms with Crippen molar-refractivity contribution in [2.45, 2.75) is 72.4 Å². The summed E-state index contributed by atoms with van der Waals surface area (Å²) in [6, 6.07) is 19.5. The molecular formula is C34H25F17N2O3. The van der Waals surface area contributed by atoms with E-state index in [0.717, 1.165) is 22.3 Å². The van der Waals surface area contributed by atoms with E-state index in [1.165, 1.54) is 35.6 Å². The molecule has 2 amide bonds. The van der Waals surface area contributed by atoms with Gasteiger partial charge in [-0.2, -0.15) is 74.6 Å². The van der Waals surface area contributed by atoms with E-state index in [9.17, 15) is 84.2 Å². The molecule has 5 nitrogen and oxygen atoms in total. The highest BCUT2D eigenvalue weighted by Gasteiger charge is 2.95. The second-order valence-electron chi connectivity index (χ2n) is 12.4. The Hall–Kier alpha value is -4.79. The Kier molecular flexibility index (Phi) is 11.7. The Morgan fingerprint density at radius 1 is 0.571 bits per heavy atom. The third-order valence-corrected chi connectivity index (χ3v) is 8.76. The molecule has 0 spiro atoms. The number of rotatable bonds is 15. The highest BCUT2D eigenvalue weighted by Crippen LogP contribution is 2.64. The second kappa shape index (κ2) is 14.9. The summed E-state index contributed by atoms with van der Waals surface area (Å²) in [5.74, 6) is -59.4. The molecule has 1 aliphatic carbocycles. The minimum atomic E-state index is -8.74. The van der Waals surface area contributed by atoms with Crippen LogP contribution in [-0.2, 0) is 16.0 Å². The van der Waals surface area contributed by atoms with Crippen LogP contribution in [0.25, 0.3) is 11.1 Å². The average molecular weight is 833 g/mol. The number of ether oxygens (including phenoxy) is 1. The molecule has 0 aliphatic heterocycles. The number of benzene rings is 3. The first-order chi connectivity index (χ1) is 25.6. The van der Waals surface area contributed by atoms with E-state index in [1.807, 2.05) is 12.1 Å². The van der Waals surface area contributed by atoms with E-state index in [1.54, 1.807) is 36.4 Å². The second-order valence-corrected chi connectivity index (χ2v) is 12.4. The zero-order valence-electron chi connectivity index (χ0n) is 27.6. The van der Waals surface area contributed by atoms with Crippen LogP contribution >= 0.6 is 0 Å². The largest absolute Gasteiger partial charge is 0.460 e. The van der Waals surface area contributed by atoms with E-state index < -0.39 is 91.0 Å². The third-order valence-electron chi connectivity index (χ3n) is 8.76. The molecule has 3 aromatic rings. The monoisotopic (exact) mass is 832 g/mol. The quantitative estimate of drug-likeness (QED) is 0.150. The fourth-order valence-corrected chi connectivity index (χ4v) is 5.66. The van der Waals surface area contributed by atoms with Gasteiger partial charge in [-0.25, -0.2) is 4.79 Å². The first-order valence-corrected chi connectivity index (χ1v) is 15.7. The van der Waals surface area contributed by atoms with Crippen molar-refractivity contribution in [2.75, 3.05) is 13.2 Å². The Labute approximate surface area is 304 Å². The van der Waals surface area contributed by atoms with Gasteiger partial charge in [0.15, 0.2) is 0 Å². The minimum Gasteiger partial charge on any atom is -0.449 e. The first kappa shape index (κ1) is 43.9. The topological polar surface area (TPSA) is 67.4 Å². The van der Waals surface area contributed by atoms with Crippen molar-refractivity contribution in [1.82, 2.24) is 10.6 Å². The summed E-state index contributed by atoms with van der Waals surface area (Å²) < 4.78 is 237. The predicted octanol–water partition coefficient (Wildman–Crippen LogP) is 9.65. The van der Waals surface area contributed by atoms with Crippen LogP contribution in [0.1, 0.15) is 29.0 Å². The van der Waals surface area contributed by atoms with E-state index in [0.29, 0.717) is 0 Å². The van der Waals surface area contributed by atoms with Crippen LogP contribution < -0.4 is 10.6 Å². The predicted molar refractivity (Wildman–Crippen MR) is 160 cm³/mol. The number of hydrogen-bond donors (Lipinski definition) is 2. The van der Waals surface area contributed by atoms with Crippen molar-refractivity contribution in [3.05, 3.63) is 95.6 Å². The number of nitrogens with one attached hydrogen (secondary N) is 2. The summed E-state index contributed by atoms with van der Waals surface area (Å²) in [6.45, 7) is -2.24. The Morgan fingerprint density at radius 2 is 1.00 bits per heavy atom. The number of alkyl halides is 17. The third kappa shape index (κ3) is 7.41. The highest BCUT2D eigenvalue weighted by atomic mass is 19.4. The van der Waals surface area contributed by atoms with E-state index >= 15 is 0 Å². The van der Waals surface area contributed by atoms with Gasteiger partial charge in [-0.15, -0.1) is 0 Å². The Bertz CT molecular complexity index is 1840. The lowest BCUT2D eigenvalue weighted by Gasteiger charge is -2.42. The van der Waals surface area contributed by atoms with Crippen LogP contribution in [0.15, 0.2) is 78.9 Å². The van der Waals surface area contributed by atoms with Crippen molar-refractivity contribution in [3.63, 3.8) is 0 Å². The molecule has 2 N–H and O–H groups in total. The fourth-order valence-electron chi connectivity index (χ4n) is 5.66. The van der Waals surface area contributed by atoms with Crippen LogP contribution in [0.4, 0.5) is 79.4 Å². The van der Waals surface area contributed by atoms with Gasteiger partial charge >= 0.3 is 53.7 Å². The molecule has 4 rings (SSSR count). The smallest absolute Gasteiger partial charge is 0.449 e. The Balaban J connectivity index is 1.48. The van der Waals surface area contributed by atoms with Crippen molar-refractivity contribution < 1.29 is 89.0 Å². The molecule has 0 fully saturated rings. The lowest BCUT2D eigenvalue weighted by molar-refractivity contribution is -0.461. The van der Waals surface area contributed by atoms with Crippen molar-refractivity contribution in [3.8, 4) is 11.1 Å². The molecule has 0 saturated heterocycles. The molecule has 22 heteroatoms. The van der Waals surface area contributed by atoms with Gasteiger partial charge in [-0.05, 0) is 27.8 Å². The van der Waals surface area contributed by atoms with Gasteiger partial charge < -0.3 is 15.4 Å². The summed E-state index contributed by atoms with van der Waals surface area (Å²) in [5, 5.41) is 3.58. The van der Waals surface area contributed by atoms with Gasteiger partial charge in [0.05, 0.1) is 0 Å². The first-order valence-electron chi connectivity index (χ1n) is 15.7. The molecule has 56 heavy (non-hydrogen) atoms. The zero-order valence-corrected chi connectivity index (χ0v) is 27.6. The maximum atomic E-state index is 14.4. The van der Waals surface area contributed by atoms with Gasteiger partial charge in [0, 0.05) is 25.3 Å². The summed E-state index contributed by atoms with van der Waals surface area (Å²) in [7, 11) is 0. The summed E-state index contributed by atoms with van der Waals surface area (Å²) in [6.07, 6.45) is -12.5. The van der Waals surface area contributed by atoms with Gasteiger partial charge in [0.1, 0.15) is 12.6 Å². The number of amides is 2. The number of fused-ring (bicyclic) bond motifs is 3. The molecule has 308 valence electrons. The van der Waals surface area contributed by atoms with Gasteiger partial charge in [0.2, 0.25) is 5.91 Å². The minimum absolute atomic E-state index is 0.263. The van der Waals surface area contributed by atoms with E-state index in [2.05, 4.69) is 5.32 Å². The van der Waals surface area contributed by atoms with Gasteiger partial charge in [-0.3, -0.25) is 4.79 Å². The molecule has 1 atom stereocenters. The standard InChI is InChI=1S/C34H25F17N2O3/c35-27(36,28(37,38)29(39,40)30(41,42)31(43,44)32(45,46)33(47,48)34(49,50)51)14-15-52-25(54)24(16-18-8-2-1-3-9-18)53-26(55)56-17-23-21-12-6-4-10-19(21)20-11-5-7-13-22(20)23/h1-13,23-24H,14-17H2,(H,52,54)(H,53,55)/t24-/m0/s1. The van der Waals surface area contributed by atoms with Crippen LogP contribution in [-0.4, -0.2) is 78.8 Å². The lowest BCUT2D eigenvalue weighted by Crippen LogP contribution is -2.74. The molecule has 0 unspecified atom stereocenters. The normalized spacial score (nSPS) is 15.2. The molecule has 0 saturated carbocycles. The van der Waals surface area contributed by atoms with Crippen molar-refractivity contribution in [2.24, 2.45) is 0 Å². The maximum absolute atomic E-state index is 14.4. The fraction of sp³-hybridized carbons (Fsp3) is 0.412. The van der Waals surface area contributed by atoms with Crippen molar-refractivity contribution >= 4 is 12.0 Å². The molecule has 0 radical (unpaired) electrons. The molecule has 0 heterocycles. The van der Waals surface area contributed by atoms with Crippen LogP contribution in [0.5, 0.6) is 0 Å². The number of carbonyl (C=O) groups is 2. The number of halogens is 17. The zero-order chi connectivity index (χ0) is 42.3. The number of hydrogen-bond acceptors (Lipinski definition) is 3. The van der Waals surface area contributed by atoms with Crippen LogP contribution in [0.2, 0.25) is 0 Å². The van der Waals surface area contributed by atoms with Crippen molar-refractivity contribution in [1.29, 1.82) is 0 Å². The SMILES string of the molecule is O=C(N[C@@H](Cc1ccccc1)C(=O)NCCC(F)(F)C(F)(F)C(F)(F)C(F)(F)C(F)(F)C(F)(F)C(F)(F)C(F)(F)F)OCC1c2ccccc2-c2ccccc21. The van der Waals surface area contributed by atoms with E-state index in [4.69, 9.17) is 4.74 Å².